The van der Waals surface area contributed by atoms with Crippen molar-refractivity contribution in [3.8, 4) is 0 Å². The van der Waals surface area contributed by atoms with Crippen molar-refractivity contribution in [2.45, 2.75) is 13.0 Å². The SMILES string of the molecule is O=C(O)c1ccc(CN2CCCNC2=O)o1. The molecule has 2 heterocycles. The summed E-state index contributed by atoms with van der Waals surface area (Å²) in [5.74, 6) is -0.726. The Morgan fingerprint density at radius 2 is 2.38 bits per heavy atom. The van der Waals surface area contributed by atoms with Gasteiger partial charge in [0.25, 0.3) is 0 Å². The van der Waals surface area contributed by atoms with E-state index in [-0.39, 0.29) is 11.8 Å². The summed E-state index contributed by atoms with van der Waals surface area (Å²) in [4.78, 5) is 23.6. The van der Waals surface area contributed by atoms with Gasteiger partial charge >= 0.3 is 12.0 Å². The highest BCUT2D eigenvalue weighted by atomic mass is 16.4. The number of furan rings is 1. The zero-order valence-electron chi connectivity index (χ0n) is 8.60. The largest absolute Gasteiger partial charge is 0.475 e. The number of nitrogens with zero attached hydrogens (tertiary/aromatic N) is 1. The number of amides is 2. The van der Waals surface area contributed by atoms with Crippen LogP contribution < -0.4 is 5.32 Å². The molecule has 0 unspecified atom stereocenters. The van der Waals surface area contributed by atoms with Gasteiger partial charge in [-0.1, -0.05) is 0 Å². The van der Waals surface area contributed by atoms with Crippen LogP contribution in [0, 0.1) is 0 Å². The lowest BCUT2D eigenvalue weighted by Gasteiger charge is -2.26. The van der Waals surface area contributed by atoms with Crippen molar-refractivity contribution in [1.29, 1.82) is 0 Å². The Balaban J connectivity index is 2.02. The molecule has 2 rings (SSSR count). The number of rotatable bonds is 3. The average Bonchev–Trinajstić information content (AvgIpc) is 2.70. The first-order valence-corrected chi connectivity index (χ1v) is 5.01. The van der Waals surface area contributed by atoms with Gasteiger partial charge in [0.15, 0.2) is 0 Å². The van der Waals surface area contributed by atoms with Gasteiger partial charge in [0.1, 0.15) is 5.76 Å². The van der Waals surface area contributed by atoms with E-state index in [1.807, 2.05) is 0 Å². The summed E-state index contributed by atoms with van der Waals surface area (Å²) in [5, 5.41) is 11.4. The monoisotopic (exact) mass is 224 g/mol. The summed E-state index contributed by atoms with van der Waals surface area (Å²) in [6.45, 7) is 1.65. The van der Waals surface area contributed by atoms with Crippen LogP contribution in [0.25, 0.3) is 0 Å². The second-order valence-corrected chi connectivity index (χ2v) is 3.58. The molecule has 2 amide bonds. The Morgan fingerprint density at radius 3 is 3.00 bits per heavy atom. The summed E-state index contributed by atoms with van der Waals surface area (Å²) in [6.07, 6.45) is 0.887. The van der Waals surface area contributed by atoms with Crippen LogP contribution in [-0.4, -0.2) is 35.1 Å². The van der Waals surface area contributed by atoms with Gasteiger partial charge in [-0.15, -0.1) is 0 Å². The van der Waals surface area contributed by atoms with Gasteiger partial charge < -0.3 is 19.7 Å². The van der Waals surface area contributed by atoms with Crippen LogP contribution in [-0.2, 0) is 6.54 Å². The Labute approximate surface area is 91.8 Å². The normalized spacial score (nSPS) is 16.0. The van der Waals surface area contributed by atoms with Gasteiger partial charge in [0.2, 0.25) is 5.76 Å². The molecule has 0 atom stereocenters. The minimum Gasteiger partial charge on any atom is -0.475 e. The minimum absolute atomic E-state index is 0.104. The number of aromatic carboxylic acids is 1. The van der Waals surface area contributed by atoms with Gasteiger partial charge in [-0.25, -0.2) is 9.59 Å². The van der Waals surface area contributed by atoms with E-state index < -0.39 is 5.97 Å². The van der Waals surface area contributed by atoms with Crippen molar-refractivity contribution < 1.29 is 19.1 Å². The first kappa shape index (κ1) is 10.5. The Kier molecular flexibility index (Phi) is 2.80. The fraction of sp³-hybridized carbons (Fsp3) is 0.400. The third-order valence-electron chi connectivity index (χ3n) is 2.39. The molecule has 1 aromatic rings. The fourth-order valence-corrected chi connectivity index (χ4v) is 1.60. The predicted octanol–water partition coefficient (Wildman–Crippen LogP) is 0.893. The maximum atomic E-state index is 11.4. The summed E-state index contributed by atoms with van der Waals surface area (Å²) in [6, 6.07) is 2.82. The number of nitrogens with one attached hydrogen (secondary N) is 1. The number of carbonyl (C=O) groups excluding carboxylic acids is 1. The van der Waals surface area contributed by atoms with Crippen molar-refractivity contribution in [1.82, 2.24) is 10.2 Å². The molecule has 1 aliphatic heterocycles. The molecule has 86 valence electrons. The number of hydrogen-bond donors (Lipinski definition) is 2. The van der Waals surface area contributed by atoms with E-state index in [2.05, 4.69) is 5.32 Å². The zero-order chi connectivity index (χ0) is 11.5. The van der Waals surface area contributed by atoms with Crippen molar-refractivity contribution in [2.75, 3.05) is 13.1 Å². The van der Waals surface area contributed by atoms with Crippen molar-refractivity contribution >= 4 is 12.0 Å². The lowest BCUT2D eigenvalue weighted by molar-refractivity contribution is 0.0659. The van der Waals surface area contributed by atoms with Crippen molar-refractivity contribution in [3.63, 3.8) is 0 Å². The zero-order valence-corrected chi connectivity index (χ0v) is 8.60. The van der Waals surface area contributed by atoms with Gasteiger partial charge in [-0.2, -0.15) is 0 Å². The summed E-state index contributed by atoms with van der Waals surface area (Å²) < 4.78 is 5.07. The molecule has 6 nitrogen and oxygen atoms in total. The average molecular weight is 224 g/mol. The highest BCUT2D eigenvalue weighted by Gasteiger charge is 2.19. The molecule has 0 bridgehead atoms. The predicted molar refractivity (Wildman–Crippen MR) is 54.1 cm³/mol. The maximum Gasteiger partial charge on any atom is 0.371 e. The smallest absolute Gasteiger partial charge is 0.371 e. The maximum absolute atomic E-state index is 11.4. The van der Waals surface area contributed by atoms with Crippen LogP contribution in [0.5, 0.6) is 0 Å². The molecule has 6 heteroatoms. The molecule has 0 aliphatic carbocycles. The first-order valence-electron chi connectivity index (χ1n) is 5.01. The molecule has 0 spiro atoms. The highest BCUT2D eigenvalue weighted by Crippen LogP contribution is 2.12. The molecule has 1 fully saturated rings. The van der Waals surface area contributed by atoms with E-state index in [0.717, 1.165) is 6.42 Å². The Hall–Kier alpha value is -1.98. The number of carbonyl (C=O) groups is 2. The van der Waals surface area contributed by atoms with Crippen LogP contribution in [0.1, 0.15) is 22.7 Å². The van der Waals surface area contributed by atoms with E-state index in [1.165, 1.54) is 6.07 Å². The number of hydrogen-bond acceptors (Lipinski definition) is 3. The second-order valence-electron chi connectivity index (χ2n) is 3.58. The molecule has 0 radical (unpaired) electrons. The second kappa shape index (κ2) is 4.26. The molecule has 1 aliphatic rings. The molecular weight excluding hydrogens is 212 g/mol. The number of carboxylic acids is 1. The topological polar surface area (TPSA) is 82.8 Å². The molecule has 1 saturated heterocycles. The lowest BCUT2D eigenvalue weighted by Crippen LogP contribution is -2.45. The Bertz CT molecular complexity index is 413. The van der Waals surface area contributed by atoms with E-state index in [4.69, 9.17) is 9.52 Å². The Morgan fingerprint density at radius 1 is 1.56 bits per heavy atom. The minimum atomic E-state index is -1.10. The molecule has 2 N–H and O–H groups in total. The fourth-order valence-electron chi connectivity index (χ4n) is 1.60. The molecule has 0 saturated carbocycles. The van der Waals surface area contributed by atoms with Crippen molar-refractivity contribution in [3.05, 3.63) is 23.7 Å². The van der Waals surface area contributed by atoms with E-state index in [9.17, 15) is 9.59 Å². The standard InChI is InChI=1S/C10H12N2O4/c13-9(14)8-3-2-7(16-8)6-12-5-1-4-11-10(12)15/h2-3H,1,4-6H2,(H,11,15)(H,13,14). The van der Waals surface area contributed by atoms with E-state index in [1.54, 1.807) is 11.0 Å². The third kappa shape index (κ3) is 2.16. The summed E-state index contributed by atoms with van der Waals surface area (Å²) in [7, 11) is 0. The van der Waals surface area contributed by atoms with Crippen LogP contribution in [0.15, 0.2) is 16.5 Å². The molecule has 0 aromatic carbocycles. The quantitative estimate of drug-likeness (QED) is 0.798. The van der Waals surface area contributed by atoms with Crippen molar-refractivity contribution in [2.24, 2.45) is 0 Å². The van der Waals surface area contributed by atoms with E-state index in [0.29, 0.717) is 25.4 Å². The van der Waals surface area contributed by atoms with Crippen LogP contribution >= 0.6 is 0 Å². The summed E-state index contributed by atoms with van der Waals surface area (Å²) >= 11 is 0. The number of urea groups is 1. The molecular formula is C10H12N2O4. The molecule has 1 aromatic heterocycles. The first-order chi connectivity index (χ1) is 7.66. The summed E-state index contributed by atoms with van der Waals surface area (Å²) in [5.41, 5.74) is 0. The van der Waals surface area contributed by atoms with Crippen LogP contribution in [0.4, 0.5) is 4.79 Å². The molecule has 16 heavy (non-hydrogen) atoms. The van der Waals surface area contributed by atoms with Gasteiger partial charge in [0.05, 0.1) is 6.54 Å². The van der Waals surface area contributed by atoms with Gasteiger partial charge in [0, 0.05) is 13.1 Å². The van der Waals surface area contributed by atoms with Crippen LogP contribution in [0.3, 0.4) is 0 Å². The van der Waals surface area contributed by atoms with Gasteiger partial charge in [-0.3, -0.25) is 0 Å². The lowest BCUT2D eigenvalue weighted by atomic mass is 10.3. The highest BCUT2D eigenvalue weighted by molar-refractivity contribution is 5.84. The van der Waals surface area contributed by atoms with Crippen LogP contribution in [0.2, 0.25) is 0 Å². The van der Waals surface area contributed by atoms with Gasteiger partial charge in [-0.05, 0) is 18.6 Å². The third-order valence-corrected chi connectivity index (χ3v) is 2.39. The number of carboxylic acid groups (broad SMARTS) is 1. The van der Waals surface area contributed by atoms with E-state index >= 15 is 0 Å².